The summed E-state index contributed by atoms with van der Waals surface area (Å²) in [5, 5.41) is 16.2. The van der Waals surface area contributed by atoms with E-state index >= 15 is 0 Å². The summed E-state index contributed by atoms with van der Waals surface area (Å²) in [5.74, 6) is 5.44. The molecule has 0 unspecified atom stereocenters. The fourth-order valence-corrected chi connectivity index (χ4v) is 2.98. The molecule has 0 aliphatic heterocycles. The zero-order valence-corrected chi connectivity index (χ0v) is 17.5. The number of carbonyl (C=O) groups is 1. The van der Waals surface area contributed by atoms with Crippen LogP contribution in [-0.4, -0.2) is 36.4 Å². The van der Waals surface area contributed by atoms with E-state index in [1.165, 1.54) is 0 Å². The van der Waals surface area contributed by atoms with Gasteiger partial charge in [0.1, 0.15) is 11.9 Å². The molecule has 1 heterocycles. The van der Waals surface area contributed by atoms with Crippen LogP contribution in [0.2, 0.25) is 0 Å². The summed E-state index contributed by atoms with van der Waals surface area (Å²) in [6.45, 7) is 0.508. The molecule has 0 radical (unpaired) electrons. The van der Waals surface area contributed by atoms with Crippen LogP contribution in [0.3, 0.4) is 0 Å². The normalized spacial score (nSPS) is 10.2. The summed E-state index contributed by atoms with van der Waals surface area (Å²) in [5.41, 5.74) is 2.54. The lowest BCUT2D eigenvalue weighted by Gasteiger charge is -2.10. The number of hydrogen-bond acceptors (Lipinski definition) is 5. The maximum Gasteiger partial charge on any atom is 0.300 e. The molecule has 6 nitrogen and oxygen atoms in total. The topological polar surface area (TPSA) is 81.1 Å². The fourth-order valence-electron chi connectivity index (χ4n) is 2.58. The van der Waals surface area contributed by atoms with Gasteiger partial charge in [-0.2, -0.15) is 5.26 Å². The number of nitrogens with one attached hydrogen (secondary N) is 2. The van der Waals surface area contributed by atoms with Gasteiger partial charge in [0.2, 0.25) is 0 Å². The summed E-state index contributed by atoms with van der Waals surface area (Å²) >= 11 is 3.43. The zero-order valence-electron chi connectivity index (χ0n) is 16.0. The Morgan fingerprint density at radius 3 is 2.72 bits per heavy atom. The lowest BCUT2D eigenvalue weighted by molar-refractivity contribution is -0.111. The Balaban J connectivity index is 1.85. The van der Waals surface area contributed by atoms with Gasteiger partial charge in [-0.05, 0) is 62.5 Å². The molecular formula is C22H18BrN5O. The van der Waals surface area contributed by atoms with Crippen LogP contribution in [0.15, 0.2) is 53.0 Å². The Morgan fingerprint density at radius 1 is 1.17 bits per heavy atom. The first-order valence-corrected chi connectivity index (χ1v) is 9.56. The lowest BCUT2D eigenvalue weighted by atomic mass is 10.1. The van der Waals surface area contributed by atoms with Crippen molar-refractivity contribution in [1.82, 2.24) is 9.88 Å². The minimum atomic E-state index is -0.382. The molecule has 7 heteroatoms. The van der Waals surface area contributed by atoms with Crippen molar-refractivity contribution in [3.8, 4) is 17.9 Å². The number of carbonyl (C=O) groups excluding carboxylic acids is 1. The number of nitrogens with zero attached hydrogens (tertiary/aromatic N) is 3. The van der Waals surface area contributed by atoms with Gasteiger partial charge in [-0.1, -0.05) is 27.9 Å². The van der Waals surface area contributed by atoms with E-state index in [1.54, 1.807) is 24.3 Å². The zero-order chi connectivity index (χ0) is 20.8. The molecule has 1 aromatic heterocycles. The molecule has 144 valence electrons. The average Bonchev–Trinajstić information content (AvgIpc) is 2.67. The van der Waals surface area contributed by atoms with Crippen molar-refractivity contribution in [2.75, 3.05) is 31.3 Å². The number of amides is 1. The van der Waals surface area contributed by atoms with E-state index in [-0.39, 0.29) is 5.91 Å². The van der Waals surface area contributed by atoms with Crippen LogP contribution < -0.4 is 10.6 Å². The molecule has 3 rings (SSSR count). The molecule has 0 saturated carbocycles. The summed E-state index contributed by atoms with van der Waals surface area (Å²) < 4.78 is 0.927. The SMILES string of the molecule is CN(C)CC#CC(=O)Nc1ccc2nc(Nc3cccc(Br)c3)c(C#N)cc2c1. The van der Waals surface area contributed by atoms with Gasteiger partial charge in [0, 0.05) is 21.2 Å². The van der Waals surface area contributed by atoms with Crippen molar-refractivity contribution < 1.29 is 4.79 Å². The largest absolute Gasteiger partial charge is 0.339 e. The number of halogens is 1. The van der Waals surface area contributed by atoms with Crippen molar-refractivity contribution in [2.24, 2.45) is 0 Å². The third-order valence-electron chi connectivity index (χ3n) is 3.88. The second kappa shape index (κ2) is 9.20. The standard InChI is InChI=1S/C22H18BrN5O/c1-28(2)10-4-7-21(29)25-19-8-9-20-15(12-19)11-16(14-24)22(27-20)26-18-6-3-5-17(23)13-18/h3,5-6,8-9,11-13H,10H2,1-2H3,(H,25,29)(H,26,27). The predicted octanol–water partition coefficient (Wildman–Crippen LogP) is 4.12. The van der Waals surface area contributed by atoms with Gasteiger partial charge in [0.15, 0.2) is 0 Å². The molecule has 0 fully saturated rings. The second-order valence-electron chi connectivity index (χ2n) is 6.53. The van der Waals surface area contributed by atoms with Crippen molar-refractivity contribution >= 4 is 49.9 Å². The van der Waals surface area contributed by atoms with Gasteiger partial charge in [-0.25, -0.2) is 4.98 Å². The quantitative estimate of drug-likeness (QED) is 0.587. The minimum absolute atomic E-state index is 0.382. The molecule has 1 amide bonds. The third kappa shape index (κ3) is 5.55. The first-order valence-electron chi connectivity index (χ1n) is 8.76. The summed E-state index contributed by atoms with van der Waals surface area (Å²) in [4.78, 5) is 18.4. The molecular weight excluding hydrogens is 430 g/mol. The van der Waals surface area contributed by atoms with Crippen LogP contribution in [0, 0.1) is 23.2 Å². The Labute approximate surface area is 177 Å². The van der Waals surface area contributed by atoms with Crippen LogP contribution in [0.5, 0.6) is 0 Å². The molecule has 2 N–H and O–H groups in total. The van der Waals surface area contributed by atoms with E-state index in [2.05, 4.69) is 49.5 Å². The first kappa shape index (κ1) is 20.3. The highest BCUT2D eigenvalue weighted by Gasteiger charge is 2.09. The van der Waals surface area contributed by atoms with E-state index in [4.69, 9.17) is 0 Å². The van der Waals surface area contributed by atoms with Crippen LogP contribution in [0.4, 0.5) is 17.2 Å². The third-order valence-corrected chi connectivity index (χ3v) is 4.37. The van der Waals surface area contributed by atoms with Gasteiger partial charge in [-0.3, -0.25) is 9.69 Å². The predicted molar refractivity (Wildman–Crippen MR) is 119 cm³/mol. The van der Waals surface area contributed by atoms with Crippen molar-refractivity contribution in [2.45, 2.75) is 0 Å². The van der Waals surface area contributed by atoms with Crippen LogP contribution >= 0.6 is 15.9 Å². The highest BCUT2D eigenvalue weighted by Crippen LogP contribution is 2.26. The molecule has 2 aromatic carbocycles. The number of hydrogen-bond donors (Lipinski definition) is 2. The second-order valence-corrected chi connectivity index (χ2v) is 7.45. The summed E-state index contributed by atoms with van der Waals surface area (Å²) in [6, 6.07) is 16.9. The Hall–Kier alpha value is -3.39. The number of anilines is 3. The van der Waals surface area contributed by atoms with E-state index in [9.17, 15) is 10.1 Å². The van der Waals surface area contributed by atoms with Gasteiger partial charge in [-0.15, -0.1) is 0 Å². The molecule has 0 aliphatic carbocycles. The van der Waals surface area contributed by atoms with Crippen LogP contribution in [0.25, 0.3) is 10.9 Å². The van der Waals surface area contributed by atoms with E-state index in [1.807, 2.05) is 43.3 Å². The monoisotopic (exact) mass is 447 g/mol. The van der Waals surface area contributed by atoms with Crippen LogP contribution in [-0.2, 0) is 4.79 Å². The number of nitriles is 1. The number of pyridine rings is 1. The molecule has 3 aromatic rings. The van der Waals surface area contributed by atoms with Crippen molar-refractivity contribution in [3.63, 3.8) is 0 Å². The summed E-state index contributed by atoms with van der Waals surface area (Å²) in [7, 11) is 3.77. The van der Waals surface area contributed by atoms with E-state index in [0.717, 1.165) is 15.5 Å². The molecule has 29 heavy (non-hydrogen) atoms. The molecule has 0 saturated heterocycles. The molecule has 0 atom stereocenters. The maximum atomic E-state index is 12.0. The van der Waals surface area contributed by atoms with Gasteiger partial charge >= 0.3 is 0 Å². The number of aromatic nitrogens is 1. The van der Waals surface area contributed by atoms with Crippen LogP contribution in [0.1, 0.15) is 5.56 Å². The number of rotatable bonds is 4. The Kier molecular flexibility index (Phi) is 6.46. The Bertz CT molecular complexity index is 1170. The maximum absolute atomic E-state index is 12.0. The average molecular weight is 448 g/mol. The molecule has 0 bridgehead atoms. The van der Waals surface area contributed by atoms with E-state index in [0.29, 0.717) is 29.1 Å². The number of benzene rings is 2. The highest BCUT2D eigenvalue weighted by molar-refractivity contribution is 9.10. The Morgan fingerprint density at radius 2 is 2.00 bits per heavy atom. The summed E-state index contributed by atoms with van der Waals surface area (Å²) in [6.07, 6.45) is 0. The smallest absolute Gasteiger partial charge is 0.300 e. The minimum Gasteiger partial charge on any atom is -0.339 e. The van der Waals surface area contributed by atoms with Crippen molar-refractivity contribution in [3.05, 3.63) is 58.6 Å². The highest BCUT2D eigenvalue weighted by atomic mass is 79.9. The van der Waals surface area contributed by atoms with Crippen molar-refractivity contribution in [1.29, 1.82) is 5.26 Å². The molecule has 0 spiro atoms. The fraction of sp³-hybridized carbons (Fsp3) is 0.136. The van der Waals surface area contributed by atoms with Gasteiger partial charge < -0.3 is 10.6 Å². The van der Waals surface area contributed by atoms with Gasteiger partial charge in [0.25, 0.3) is 5.91 Å². The molecule has 0 aliphatic rings. The number of fused-ring (bicyclic) bond motifs is 1. The van der Waals surface area contributed by atoms with Gasteiger partial charge in [0.05, 0.1) is 17.6 Å². The van der Waals surface area contributed by atoms with E-state index < -0.39 is 0 Å². The first-order chi connectivity index (χ1) is 13.9. The lowest BCUT2D eigenvalue weighted by Crippen LogP contribution is -2.13.